The van der Waals surface area contributed by atoms with Gasteiger partial charge in [-0.2, -0.15) is 0 Å². The van der Waals surface area contributed by atoms with Crippen LogP contribution in [-0.4, -0.2) is 27.0 Å². The summed E-state index contributed by atoms with van der Waals surface area (Å²) in [6.45, 7) is 0. The molecular weight excluding hydrogens is 732 g/mol. The van der Waals surface area contributed by atoms with Crippen molar-refractivity contribution in [2.75, 3.05) is 0 Å². The Kier molecular flexibility index (Phi) is 7.12. The van der Waals surface area contributed by atoms with Gasteiger partial charge in [0.05, 0.1) is 11.0 Å². The van der Waals surface area contributed by atoms with Crippen LogP contribution >= 0.6 is 0 Å². The minimum absolute atomic E-state index is 0.552. The van der Waals surface area contributed by atoms with Crippen LogP contribution in [0, 0.1) is 0 Å². The molecule has 0 saturated carbocycles. The third-order valence-corrected chi connectivity index (χ3v) is 16.9. The van der Waals surface area contributed by atoms with E-state index in [2.05, 4.69) is 118 Å². The minimum Gasteiger partial charge on any atom is -0.455 e. The SMILES string of the molecule is FC(c1cccc(-n2c3ncccc3c3ccc4c(c32)Oc2ccccc2[Si]4(c2ccccc2)c2ccccc2)c1)c1ccc2c3ccccc3n3ccnc3c2c1. The summed E-state index contributed by atoms with van der Waals surface area (Å²) in [6, 6.07) is 60.9. The van der Waals surface area contributed by atoms with Crippen molar-refractivity contribution >= 4 is 78.1 Å². The number of aromatic nitrogens is 4. The molecule has 0 amide bonds. The van der Waals surface area contributed by atoms with Gasteiger partial charge in [-0.15, -0.1) is 0 Å². The first kappa shape index (κ1) is 32.8. The van der Waals surface area contributed by atoms with Gasteiger partial charge in [-0.3, -0.25) is 8.97 Å². The molecular formula is C51H33FN4OSi. The molecule has 0 N–H and O–H groups in total. The lowest BCUT2D eigenvalue weighted by Gasteiger charge is -2.39. The van der Waals surface area contributed by atoms with E-state index in [4.69, 9.17) is 14.7 Å². The van der Waals surface area contributed by atoms with E-state index in [-0.39, 0.29) is 0 Å². The summed E-state index contributed by atoms with van der Waals surface area (Å²) in [7, 11) is -2.92. The van der Waals surface area contributed by atoms with Gasteiger partial charge < -0.3 is 4.74 Å². The molecule has 0 aliphatic carbocycles. The van der Waals surface area contributed by atoms with E-state index >= 15 is 4.39 Å². The van der Waals surface area contributed by atoms with E-state index in [0.717, 1.165) is 71.6 Å². The monoisotopic (exact) mass is 764 g/mol. The van der Waals surface area contributed by atoms with Crippen LogP contribution in [0.1, 0.15) is 17.3 Å². The summed E-state index contributed by atoms with van der Waals surface area (Å²) in [5.74, 6) is 1.65. The average Bonchev–Trinajstić information content (AvgIpc) is 3.93. The number of benzene rings is 7. The first-order valence-electron chi connectivity index (χ1n) is 19.5. The minimum atomic E-state index is -2.92. The number of halogens is 1. The van der Waals surface area contributed by atoms with Gasteiger partial charge in [0.25, 0.3) is 0 Å². The summed E-state index contributed by atoms with van der Waals surface area (Å²) in [4.78, 5) is 9.67. The van der Waals surface area contributed by atoms with E-state index in [9.17, 15) is 0 Å². The topological polar surface area (TPSA) is 44.4 Å². The molecule has 0 saturated heterocycles. The highest BCUT2D eigenvalue weighted by molar-refractivity contribution is 7.20. The highest BCUT2D eigenvalue weighted by Gasteiger charge is 2.48. The van der Waals surface area contributed by atoms with Crippen molar-refractivity contribution in [3.63, 3.8) is 0 Å². The van der Waals surface area contributed by atoms with Gasteiger partial charge in [0.15, 0.2) is 20.0 Å². The number of fused-ring (bicyclic) bond motifs is 12. The first-order valence-corrected chi connectivity index (χ1v) is 21.5. The molecule has 1 aliphatic rings. The smallest absolute Gasteiger partial charge is 0.188 e. The lowest BCUT2D eigenvalue weighted by molar-refractivity contribution is 0.402. The van der Waals surface area contributed by atoms with Crippen LogP contribution < -0.4 is 25.5 Å². The van der Waals surface area contributed by atoms with Gasteiger partial charge >= 0.3 is 0 Å². The van der Waals surface area contributed by atoms with Crippen molar-refractivity contribution in [2.45, 2.75) is 6.17 Å². The number of ether oxygens (including phenoxy) is 1. The quantitative estimate of drug-likeness (QED) is 0.130. The van der Waals surface area contributed by atoms with Gasteiger partial charge in [0.1, 0.15) is 17.0 Å². The summed E-state index contributed by atoms with van der Waals surface area (Å²) in [5, 5.41) is 10.0. The second kappa shape index (κ2) is 12.6. The molecule has 1 atom stereocenters. The van der Waals surface area contributed by atoms with Crippen molar-refractivity contribution in [2.24, 2.45) is 0 Å². The van der Waals surface area contributed by atoms with Crippen molar-refractivity contribution in [3.05, 3.63) is 206 Å². The Hall–Kier alpha value is -7.35. The van der Waals surface area contributed by atoms with Gasteiger partial charge in [-0.05, 0) is 79.7 Å². The first-order chi connectivity index (χ1) is 28.7. The van der Waals surface area contributed by atoms with Crippen molar-refractivity contribution in [1.29, 1.82) is 0 Å². The lowest BCUT2D eigenvalue weighted by Crippen LogP contribution is -2.76. The third-order valence-electron chi connectivity index (χ3n) is 12.1. The Morgan fingerprint density at radius 3 is 2.07 bits per heavy atom. The molecule has 7 heteroatoms. The van der Waals surface area contributed by atoms with Crippen LogP contribution in [0.15, 0.2) is 195 Å². The number of hydrogen-bond acceptors (Lipinski definition) is 3. The summed E-state index contributed by atoms with van der Waals surface area (Å²) in [6.07, 6.45) is 4.20. The zero-order chi connectivity index (χ0) is 38.4. The molecule has 0 bridgehead atoms. The second-order valence-corrected chi connectivity index (χ2v) is 18.8. The third kappa shape index (κ3) is 4.56. The molecule has 274 valence electrons. The van der Waals surface area contributed by atoms with Crippen LogP contribution in [0.2, 0.25) is 0 Å². The Labute approximate surface area is 333 Å². The molecule has 5 nitrogen and oxygen atoms in total. The van der Waals surface area contributed by atoms with Crippen LogP contribution in [0.25, 0.3) is 54.9 Å². The molecule has 0 radical (unpaired) electrons. The molecule has 4 aromatic heterocycles. The Bertz CT molecular complexity index is 3370. The number of nitrogens with zero attached hydrogens (tertiary/aromatic N) is 4. The normalized spacial score (nSPS) is 13.8. The van der Waals surface area contributed by atoms with Crippen LogP contribution in [0.5, 0.6) is 11.5 Å². The van der Waals surface area contributed by atoms with Crippen LogP contribution in [0.3, 0.4) is 0 Å². The molecule has 5 heterocycles. The second-order valence-electron chi connectivity index (χ2n) is 15.0. The van der Waals surface area contributed by atoms with Gasteiger partial charge in [-0.25, -0.2) is 14.4 Å². The van der Waals surface area contributed by atoms with Gasteiger partial charge in [0, 0.05) is 45.8 Å². The number of hydrogen-bond donors (Lipinski definition) is 0. The van der Waals surface area contributed by atoms with Crippen LogP contribution in [0.4, 0.5) is 4.39 Å². The van der Waals surface area contributed by atoms with E-state index in [1.165, 1.54) is 15.6 Å². The molecule has 1 unspecified atom stereocenters. The van der Waals surface area contributed by atoms with E-state index in [1.807, 2.05) is 79.1 Å². The fourth-order valence-corrected chi connectivity index (χ4v) is 14.5. The largest absolute Gasteiger partial charge is 0.455 e. The van der Waals surface area contributed by atoms with Gasteiger partial charge in [0.2, 0.25) is 0 Å². The predicted molar refractivity (Wildman–Crippen MR) is 235 cm³/mol. The highest BCUT2D eigenvalue weighted by atomic mass is 28.3. The fourth-order valence-electron chi connectivity index (χ4n) is 9.60. The van der Waals surface area contributed by atoms with Crippen molar-refractivity contribution < 1.29 is 9.13 Å². The van der Waals surface area contributed by atoms with Gasteiger partial charge in [-0.1, -0.05) is 133 Å². The maximum atomic E-state index is 17.1. The molecule has 12 rings (SSSR count). The standard InChI is InChI=1S/C51H33FN4OSi/c52-47(34-24-25-38-39-19-7-8-21-43(39)55-30-29-54-50(55)42(38)32-34)33-13-11-14-35(31-33)56-48-40(41-20-12-28-53-51(41)56)26-27-46-49(48)57-44-22-9-10-23-45(44)58(46,36-15-3-1-4-16-36)37-17-5-2-6-18-37/h1-32,47H. The molecule has 58 heavy (non-hydrogen) atoms. The zero-order valence-electron chi connectivity index (χ0n) is 31.1. The number of alkyl halides is 1. The van der Waals surface area contributed by atoms with E-state index in [1.54, 1.807) is 6.20 Å². The molecule has 1 aliphatic heterocycles. The summed E-state index contributed by atoms with van der Waals surface area (Å²) < 4.78 is 28.5. The van der Waals surface area contributed by atoms with Crippen LogP contribution in [-0.2, 0) is 0 Å². The average molecular weight is 765 g/mol. The van der Waals surface area contributed by atoms with E-state index < -0.39 is 14.2 Å². The van der Waals surface area contributed by atoms with Crippen molar-refractivity contribution in [3.8, 4) is 17.2 Å². The highest BCUT2D eigenvalue weighted by Crippen LogP contribution is 2.41. The number of para-hydroxylation sites is 2. The predicted octanol–water partition coefficient (Wildman–Crippen LogP) is 9.67. The van der Waals surface area contributed by atoms with E-state index in [0.29, 0.717) is 11.1 Å². The number of imidazole rings is 1. The Morgan fingerprint density at radius 2 is 1.22 bits per heavy atom. The number of pyridine rings is 2. The lowest BCUT2D eigenvalue weighted by atomic mass is 9.98. The molecule has 0 spiro atoms. The maximum absolute atomic E-state index is 17.1. The summed E-state index contributed by atoms with van der Waals surface area (Å²) >= 11 is 0. The maximum Gasteiger partial charge on any atom is 0.188 e. The number of rotatable bonds is 5. The Morgan fingerprint density at radius 1 is 0.517 bits per heavy atom. The molecule has 7 aromatic carbocycles. The zero-order valence-corrected chi connectivity index (χ0v) is 32.1. The molecule has 0 fully saturated rings. The fraction of sp³-hybridized carbons (Fsp3) is 0.0196. The Balaban J connectivity index is 1.09. The summed E-state index contributed by atoms with van der Waals surface area (Å²) in [5.41, 5.74) is 5.51. The molecule has 11 aromatic rings. The van der Waals surface area contributed by atoms with Crippen molar-refractivity contribution in [1.82, 2.24) is 18.9 Å².